The number of fused-ring (bicyclic) bond motifs is 1. The molecule has 0 aliphatic heterocycles. The van der Waals surface area contributed by atoms with Gasteiger partial charge in [0, 0.05) is 36.5 Å². The Hall–Kier alpha value is -2.12. The quantitative estimate of drug-likeness (QED) is 0.634. The van der Waals surface area contributed by atoms with E-state index in [-0.39, 0.29) is 0 Å². The van der Waals surface area contributed by atoms with Crippen LogP contribution in [0.5, 0.6) is 5.88 Å². The summed E-state index contributed by atoms with van der Waals surface area (Å²) in [5.74, 6) is 3.12. The number of ether oxygens (including phenoxy) is 2. The molecule has 0 amide bonds. The third-order valence-corrected chi connectivity index (χ3v) is 2.62. The van der Waals surface area contributed by atoms with Crippen LogP contribution in [0.3, 0.4) is 0 Å². The molecule has 0 aromatic carbocycles. The molecule has 4 nitrogen and oxygen atoms in total. The Bertz CT molecular complexity index is 603. The first-order valence-electron chi connectivity index (χ1n) is 6.59. The molecular weight excluding hydrogens is 252 g/mol. The Labute approximate surface area is 120 Å². The summed E-state index contributed by atoms with van der Waals surface area (Å²) < 4.78 is 10.5. The number of aromatic nitrogens is 2. The molecule has 4 heteroatoms. The van der Waals surface area contributed by atoms with Gasteiger partial charge in [0.25, 0.3) is 0 Å². The van der Waals surface area contributed by atoms with Crippen molar-refractivity contribution in [2.75, 3.05) is 20.3 Å². The fourth-order valence-corrected chi connectivity index (χ4v) is 1.79. The summed E-state index contributed by atoms with van der Waals surface area (Å²) in [5, 5.41) is 1.89. The van der Waals surface area contributed by atoms with E-state index in [4.69, 9.17) is 15.9 Å². The van der Waals surface area contributed by atoms with Gasteiger partial charge in [0.2, 0.25) is 5.88 Å². The van der Waals surface area contributed by atoms with E-state index in [1.54, 1.807) is 25.7 Å². The molecule has 0 saturated heterocycles. The van der Waals surface area contributed by atoms with Gasteiger partial charge in [-0.15, -0.1) is 6.42 Å². The second-order valence-corrected chi connectivity index (χ2v) is 3.84. The molecule has 0 bridgehead atoms. The van der Waals surface area contributed by atoms with Gasteiger partial charge in [-0.2, -0.15) is 0 Å². The van der Waals surface area contributed by atoms with Crippen molar-refractivity contribution >= 4 is 10.8 Å². The molecule has 0 fully saturated rings. The minimum Gasteiger partial charge on any atom is -0.474 e. The van der Waals surface area contributed by atoms with Crippen LogP contribution in [0.2, 0.25) is 0 Å². The van der Waals surface area contributed by atoms with Crippen LogP contribution in [0, 0.1) is 19.3 Å². The highest BCUT2D eigenvalue weighted by Crippen LogP contribution is 2.26. The molecular formula is C16H20N2O2. The SMILES string of the molecule is C#Cc1c(OCCOC)ncc2cncc(C)c12.CC. The van der Waals surface area contributed by atoms with E-state index in [2.05, 4.69) is 15.9 Å². The summed E-state index contributed by atoms with van der Waals surface area (Å²) in [4.78, 5) is 8.35. The van der Waals surface area contributed by atoms with Crippen molar-refractivity contribution in [3.05, 3.63) is 29.7 Å². The van der Waals surface area contributed by atoms with Gasteiger partial charge in [0.15, 0.2) is 0 Å². The molecule has 0 aliphatic carbocycles. The van der Waals surface area contributed by atoms with Crippen LogP contribution in [-0.4, -0.2) is 30.3 Å². The largest absolute Gasteiger partial charge is 0.474 e. The smallest absolute Gasteiger partial charge is 0.230 e. The van der Waals surface area contributed by atoms with Crippen molar-refractivity contribution in [3.8, 4) is 18.2 Å². The second kappa shape index (κ2) is 8.13. The highest BCUT2D eigenvalue weighted by Gasteiger charge is 2.10. The monoisotopic (exact) mass is 272 g/mol. The zero-order chi connectivity index (χ0) is 15.0. The maximum Gasteiger partial charge on any atom is 0.230 e. The molecule has 20 heavy (non-hydrogen) atoms. The molecule has 106 valence electrons. The number of hydrogen-bond donors (Lipinski definition) is 0. The van der Waals surface area contributed by atoms with Gasteiger partial charge in [0.05, 0.1) is 12.2 Å². The minimum absolute atomic E-state index is 0.424. The third kappa shape index (κ3) is 3.46. The van der Waals surface area contributed by atoms with E-state index in [1.165, 1.54) is 0 Å². The maximum atomic E-state index is 5.57. The average Bonchev–Trinajstić information content (AvgIpc) is 2.50. The normalized spacial score (nSPS) is 9.55. The highest BCUT2D eigenvalue weighted by molar-refractivity contribution is 5.90. The van der Waals surface area contributed by atoms with E-state index < -0.39 is 0 Å². The molecule has 0 saturated carbocycles. The van der Waals surface area contributed by atoms with Gasteiger partial charge in [-0.3, -0.25) is 4.98 Å². The van der Waals surface area contributed by atoms with Gasteiger partial charge in [-0.1, -0.05) is 19.8 Å². The molecule has 0 N–H and O–H groups in total. The first-order valence-corrected chi connectivity index (χ1v) is 6.59. The zero-order valence-corrected chi connectivity index (χ0v) is 12.4. The molecule has 0 unspecified atom stereocenters. The Morgan fingerprint density at radius 1 is 1.20 bits per heavy atom. The molecule has 2 aromatic heterocycles. The van der Waals surface area contributed by atoms with Gasteiger partial charge in [0.1, 0.15) is 6.61 Å². The third-order valence-electron chi connectivity index (χ3n) is 2.62. The maximum absolute atomic E-state index is 5.57. The topological polar surface area (TPSA) is 44.2 Å². The second-order valence-electron chi connectivity index (χ2n) is 3.84. The Morgan fingerprint density at radius 2 is 1.95 bits per heavy atom. The number of hydrogen-bond acceptors (Lipinski definition) is 4. The number of methoxy groups -OCH3 is 1. The van der Waals surface area contributed by atoms with Crippen molar-refractivity contribution in [3.63, 3.8) is 0 Å². The molecule has 2 aromatic rings. The Kier molecular flexibility index (Phi) is 6.48. The van der Waals surface area contributed by atoms with Gasteiger partial charge >= 0.3 is 0 Å². The lowest BCUT2D eigenvalue weighted by atomic mass is 10.1. The molecule has 2 heterocycles. The van der Waals surface area contributed by atoms with Crippen LogP contribution in [-0.2, 0) is 4.74 Å². The fraction of sp³-hybridized carbons (Fsp3) is 0.375. The lowest BCUT2D eigenvalue weighted by molar-refractivity contribution is 0.143. The lowest BCUT2D eigenvalue weighted by Crippen LogP contribution is -2.07. The Morgan fingerprint density at radius 3 is 2.60 bits per heavy atom. The Balaban J connectivity index is 0.000000956. The molecule has 0 radical (unpaired) electrons. The number of nitrogens with zero attached hydrogens (tertiary/aromatic N) is 2. The van der Waals surface area contributed by atoms with Gasteiger partial charge in [-0.05, 0) is 12.5 Å². The number of pyridine rings is 2. The summed E-state index contributed by atoms with van der Waals surface area (Å²) in [6, 6.07) is 0. The van der Waals surface area contributed by atoms with E-state index in [9.17, 15) is 0 Å². The summed E-state index contributed by atoms with van der Waals surface area (Å²) in [6.07, 6.45) is 10.8. The summed E-state index contributed by atoms with van der Waals surface area (Å²) in [7, 11) is 1.62. The van der Waals surface area contributed by atoms with Crippen LogP contribution >= 0.6 is 0 Å². The van der Waals surface area contributed by atoms with Crippen molar-refractivity contribution in [2.24, 2.45) is 0 Å². The number of aryl methyl sites for hydroxylation is 1. The number of rotatable bonds is 4. The first-order chi connectivity index (χ1) is 9.77. The van der Waals surface area contributed by atoms with E-state index in [0.717, 1.165) is 16.3 Å². The van der Waals surface area contributed by atoms with E-state index in [1.807, 2.05) is 20.8 Å². The van der Waals surface area contributed by atoms with Crippen molar-refractivity contribution < 1.29 is 9.47 Å². The summed E-state index contributed by atoms with van der Waals surface area (Å²) in [5.41, 5.74) is 1.68. The predicted molar refractivity (Wildman–Crippen MR) is 80.9 cm³/mol. The van der Waals surface area contributed by atoms with Crippen molar-refractivity contribution in [1.29, 1.82) is 0 Å². The predicted octanol–water partition coefficient (Wildman–Crippen LogP) is 2.97. The lowest BCUT2D eigenvalue weighted by Gasteiger charge is -2.10. The van der Waals surface area contributed by atoms with Crippen LogP contribution in [0.15, 0.2) is 18.6 Å². The first kappa shape index (κ1) is 15.9. The van der Waals surface area contributed by atoms with Crippen molar-refractivity contribution in [2.45, 2.75) is 20.8 Å². The van der Waals surface area contributed by atoms with E-state index >= 15 is 0 Å². The van der Waals surface area contributed by atoms with Gasteiger partial charge in [-0.25, -0.2) is 4.98 Å². The summed E-state index contributed by atoms with van der Waals surface area (Å²) >= 11 is 0. The molecule has 0 aliphatic rings. The van der Waals surface area contributed by atoms with Crippen LogP contribution in [0.1, 0.15) is 25.0 Å². The number of terminal acetylenes is 1. The fourth-order valence-electron chi connectivity index (χ4n) is 1.79. The van der Waals surface area contributed by atoms with E-state index in [0.29, 0.717) is 24.7 Å². The standard InChI is InChI=1S/C14H14N2O2.C2H6/c1-4-12-13-10(2)7-15-8-11(13)9-16-14(12)18-6-5-17-3;1-2/h1,7-9H,5-6H2,2-3H3;1-2H3. The average molecular weight is 272 g/mol. The molecule has 0 spiro atoms. The molecule has 0 atom stereocenters. The van der Waals surface area contributed by atoms with Crippen LogP contribution in [0.25, 0.3) is 10.8 Å². The zero-order valence-electron chi connectivity index (χ0n) is 12.4. The van der Waals surface area contributed by atoms with Gasteiger partial charge < -0.3 is 9.47 Å². The minimum atomic E-state index is 0.424. The van der Waals surface area contributed by atoms with Crippen molar-refractivity contribution in [1.82, 2.24) is 9.97 Å². The summed E-state index contributed by atoms with van der Waals surface area (Å²) in [6.45, 7) is 6.89. The van der Waals surface area contributed by atoms with Crippen LogP contribution in [0.4, 0.5) is 0 Å². The highest BCUT2D eigenvalue weighted by atomic mass is 16.5. The molecule has 2 rings (SSSR count). The van der Waals surface area contributed by atoms with Crippen LogP contribution < -0.4 is 4.74 Å².